The number of ether oxygens (including phenoxy) is 1. The molecule has 0 saturated heterocycles. The second-order valence-electron chi connectivity index (χ2n) is 5.99. The number of rotatable bonds is 8. The van der Waals surface area contributed by atoms with E-state index in [2.05, 4.69) is 0 Å². The van der Waals surface area contributed by atoms with Crippen LogP contribution in [0.2, 0.25) is 0 Å². The summed E-state index contributed by atoms with van der Waals surface area (Å²) in [5, 5.41) is 0. The third kappa shape index (κ3) is 4.85. The Balaban J connectivity index is 2.40. The first-order valence-electron chi connectivity index (χ1n) is 8.44. The van der Waals surface area contributed by atoms with Crippen LogP contribution < -0.4 is 0 Å². The van der Waals surface area contributed by atoms with Gasteiger partial charge in [0.2, 0.25) is 0 Å². The van der Waals surface area contributed by atoms with Crippen LogP contribution in [0.5, 0.6) is 0 Å². The summed E-state index contributed by atoms with van der Waals surface area (Å²) in [5.74, 6) is -3.53. The number of carbonyl (C=O) groups excluding carboxylic acids is 3. The largest absolute Gasteiger partial charge is 0.465 e. The van der Waals surface area contributed by atoms with Gasteiger partial charge in [-0.3, -0.25) is 14.4 Å². The zero-order chi connectivity index (χ0) is 19.1. The van der Waals surface area contributed by atoms with Crippen molar-refractivity contribution in [2.24, 2.45) is 5.92 Å². The van der Waals surface area contributed by atoms with E-state index in [1.807, 2.05) is 0 Å². The van der Waals surface area contributed by atoms with Crippen LogP contribution >= 0.6 is 0 Å². The van der Waals surface area contributed by atoms with E-state index >= 15 is 0 Å². The molecule has 2 unspecified atom stereocenters. The van der Waals surface area contributed by atoms with Gasteiger partial charge in [-0.1, -0.05) is 42.5 Å². The predicted octanol–water partition coefficient (Wildman–Crippen LogP) is 3.95. The van der Waals surface area contributed by atoms with Crippen LogP contribution in [0.25, 0.3) is 0 Å². The van der Waals surface area contributed by atoms with Crippen molar-refractivity contribution in [3.05, 3.63) is 71.5 Å². The van der Waals surface area contributed by atoms with Crippen molar-refractivity contribution in [1.82, 2.24) is 0 Å². The lowest BCUT2D eigenvalue weighted by atomic mass is 9.79. The summed E-state index contributed by atoms with van der Waals surface area (Å²) < 4.78 is 18.3. The summed E-state index contributed by atoms with van der Waals surface area (Å²) in [6.45, 7) is 3.08. The zero-order valence-electron chi connectivity index (χ0n) is 14.8. The average molecular weight is 356 g/mol. The van der Waals surface area contributed by atoms with E-state index in [0.717, 1.165) is 0 Å². The molecule has 0 bridgehead atoms. The second-order valence-corrected chi connectivity index (χ2v) is 5.99. The average Bonchev–Trinajstić information content (AvgIpc) is 2.62. The molecule has 5 heteroatoms. The van der Waals surface area contributed by atoms with Crippen molar-refractivity contribution in [2.75, 3.05) is 6.61 Å². The first kappa shape index (κ1) is 19.5. The van der Waals surface area contributed by atoms with E-state index < -0.39 is 29.4 Å². The molecule has 26 heavy (non-hydrogen) atoms. The molecular formula is C21H21FO4. The minimum absolute atomic E-state index is 0.0568. The topological polar surface area (TPSA) is 60.4 Å². The molecular weight excluding hydrogens is 335 g/mol. The quantitative estimate of drug-likeness (QED) is 0.408. The highest BCUT2D eigenvalue weighted by atomic mass is 19.1. The van der Waals surface area contributed by atoms with Crippen LogP contribution in [0.3, 0.4) is 0 Å². The van der Waals surface area contributed by atoms with Crippen molar-refractivity contribution in [2.45, 2.75) is 26.2 Å². The lowest BCUT2D eigenvalue weighted by molar-refractivity contribution is -0.152. The fourth-order valence-corrected chi connectivity index (χ4v) is 2.93. The van der Waals surface area contributed by atoms with Crippen molar-refractivity contribution in [3.8, 4) is 0 Å². The highest BCUT2D eigenvalue weighted by Crippen LogP contribution is 2.32. The Kier molecular flexibility index (Phi) is 6.78. The van der Waals surface area contributed by atoms with Crippen molar-refractivity contribution in [1.29, 1.82) is 0 Å². The molecule has 0 amide bonds. The van der Waals surface area contributed by atoms with Gasteiger partial charge in [-0.05, 0) is 31.5 Å². The Morgan fingerprint density at radius 3 is 2.15 bits per heavy atom. The number of Topliss-reactive ketones (excluding diaryl/α,β-unsaturated/α-hetero) is 2. The monoisotopic (exact) mass is 356 g/mol. The van der Waals surface area contributed by atoms with Crippen LogP contribution in [-0.2, 0) is 14.3 Å². The van der Waals surface area contributed by atoms with E-state index in [0.29, 0.717) is 11.1 Å². The highest BCUT2D eigenvalue weighted by Gasteiger charge is 2.36. The molecule has 2 rings (SSSR count). The van der Waals surface area contributed by atoms with Gasteiger partial charge in [0.15, 0.2) is 5.78 Å². The Bertz CT molecular complexity index is 768. The molecule has 2 aromatic carbocycles. The van der Waals surface area contributed by atoms with Crippen molar-refractivity contribution in [3.63, 3.8) is 0 Å². The molecule has 0 aliphatic carbocycles. The molecule has 0 aliphatic heterocycles. The number of hydrogen-bond acceptors (Lipinski definition) is 4. The molecule has 136 valence electrons. The minimum Gasteiger partial charge on any atom is -0.465 e. The first-order chi connectivity index (χ1) is 12.4. The SMILES string of the molecule is CCOC(=O)C(C(C)=O)C(CC(=O)c1ccccc1)c1ccc(F)cc1. The second kappa shape index (κ2) is 9.04. The maximum Gasteiger partial charge on any atom is 0.317 e. The Labute approximate surface area is 152 Å². The normalized spacial score (nSPS) is 12.9. The van der Waals surface area contributed by atoms with Crippen LogP contribution in [0, 0.1) is 11.7 Å². The summed E-state index contributed by atoms with van der Waals surface area (Å²) in [6.07, 6.45) is -0.0568. The van der Waals surface area contributed by atoms with E-state index in [1.165, 1.54) is 31.2 Å². The predicted molar refractivity (Wildman–Crippen MR) is 95.3 cm³/mol. The molecule has 0 aliphatic rings. The molecule has 0 radical (unpaired) electrons. The summed E-state index contributed by atoms with van der Waals surface area (Å²) in [4.78, 5) is 37.2. The Hall–Kier alpha value is -2.82. The van der Waals surface area contributed by atoms with Crippen molar-refractivity contribution < 1.29 is 23.5 Å². The number of halogens is 1. The van der Waals surface area contributed by atoms with E-state index in [1.54, 1.807) is 37.3 Å². The van der Waals surface area contributed by atoms with Crippen LogP contribution in [0.4, 0.5) is 4.39 Å². The van der Waals surface area contributed by atoms with Gasteiger partial charge in [0, 0.05) is 17.9 Å². The lowest BCUT2D eigenvalue weighted by Gasteiger charge is -2.24. The van der Waals surface area contributed by atoms with Gasteiger partial charge < -0.3 is 4.74 Å². The smallest absolute Gasteiger partial charge is 0.317 e. The lowest BCUT2D eigenvalue weighted by Crippen LogP contribution is -2.32. The molecule has 0 aromatic heterocycles. The summed E-state index contributed by atoms with van der Waals surface area (Å²) in [6, 6.07) is 14.1. The Morgan fingerprint density at radius 1 is 1.00 bits per heavy atom. The Morgan fingerprint density at radius 2 is 1.62 bits per heavy atom. The van der Waals surface area contributed by atoms with Gasteiger partial charge in [-0.25, -0.2) is 4.39 Å². The number of ketones is 2. The summed E-state index contributed by atoms with van der Waals surface area (Å²) in [5.41, 5.74) is 1.04. The first-order valence-corrected chi connectivity index (χ1v) is 8.44. The third-order valence-electron chi connectivity index (χ3n) is 4.18. The molecule has 0 saturated carbocycles. The number of benzene rings is 2. The number of carbonyl (C=O) groups is 3. The van der Waals surface area contributed by atoms with Crippen molar-refractivity contribution >= 4 is 17.5 Å². The van der Waals surface area contributed by atoms with Gasteiger partial charge >= 0.3 is 5.97 Å². The van der Waals surface area contributed by atoms with Gasteiger partial charge in [0.25, 0.3) is 0 Å². The summed E-state index contributed by atoms with van der Waals surface area (Å²) >= 11 is 0. The van der Waals surface area contributed by atoms with Gasteiger partial charge in [-0.15, -0.1) is 0 Å². The third-order valence-corrected chi connectivity index (χ3v) is 4.18. The fourth-order valence-electron chi connectivity index (χ4n) is 2.93. The molecule has 0 heterocycles. The van der Waals surface area contributed by atoms with Crippen LogP contribution in [-0.4, -0.2) is 24.1 Å². The van der Waals surface area contributed by atoms with Gasteiger partial charge in [0.05, 0.1) is 6.61 Å². The zero-order valence-corrected chi connectivity index (χ0v) is 14.8. The highest BCUT2D eigenvalue weighted by molar-refractivity contribution is 6.01. The van der Waals surface area contributed by atoms with Crippen LogP contribution in [0.15, 0.2) is 54.6 Å². The van der Waals surface area contributed by atoms with E-state index in [9.17, 15) is 18.8 Å². The maximum atomic E-state index is 13.3. The maximum absolute atomic E-state index is 13.3. The molecule has 2 atom stereocenters. The number of hydrogen-bond donors (Lipinski definition) is 0. The van der Waals surface area contributed by atoms with E-state index in [4.69, 9.17) is 4.74 Å². The standard InChI is InChI=1S/C21H21FO4/c1-3-26-21(25)20(14(2)23)18(15-9-11-17(22)12-10-15)13-19(24)16-7-5-4-6-8-16/h4-12,18,20H,3,13H2,1-2H3. The summed E-state index contributed by atoms with van der Waals surface area (Å²) in [7, 11) is 0. The number of esters is 1. The fraction of sp³-hybridized carbons (Fsp3) is 0.286. The molecule has 4 nitrogen and oxygen atoms in total. The molecule has 0 spiro atoms. The van der Waals surface area contributed by atoms with E-state index in [-0.39, 0.29) is 18.8 Å². The van der Waals surface area contributed by atoms with Gasteiger partial charge in [-0.2, -0.15) is 0 Å². The molecule has 0 fully saturated rings. The molecule has 2 aromatic rings. The molecule has 0 N–H and O–H groups in total. The van der Waals surface area contributed by atoms with Gasteiger partial charge in [0.1, 0.15) is 17.5 Å². The minimum atomic E-state index is -1.12. The van der Waals surface area contributed by atoms with Crippen LogP contribution in [0.1, 0.15) is 42.1 Å².